The van der Waals surface area contributed by atoms with Crippen LogP contribution in [0.25, 0.3) is 10.9 Å². The molecule has 0 radical (unpaired) electrons. The van der Waals surface area contributed by atoms with Gasteiger partial charge in [0.2, 0.25) is 5.91 Å². The molecule has 0 bridgehead atoms. The predicted octanol–water partition coefficient (Wildman–Crippen LogP) is 3.19. The van der Waals surface area contributed by atoms with E-state index in [1.165, 1.54) is 6.42 Å². The van der Waals surface area contributed by atoms with Crippen molar-refractivity contribution >= 4 is 22.8 Å². The molecule has 1 aliphatic rings. The Morgan fingerprint density at radius 3 is 2.70 bits per heavy atom. The van der Waals surface area contributed by atoms with E-state index in [1.807, 2.05) is 37.3 Å². The number of esters is 1. The Morgan fingerprint density at radius 2 is 2.00 bits per heavy atom. The molecule has 1 saturated carbocycles. The minimum absolute atomic E-state index is 0.187. The van der Waals surface area contributed by atoms with E-state index in [1.54, 1.807) is 0 Å². The zero-order valence-corrected chi connectivity index (χ0v) is 15.9. The average Bonchev–Trinajstić information content (AvgIpc) is 3.10. The number of ether oxygens (including phenoxy) is 1. The first-order chi connectivity index (χ1) is 13.0. The largest absolute Gasteiger partial charge is 0.466 e. The summed E-state index contributed by atoms with van der Waals surface area (Å²) in [5.41, 5.74) is 7.60. The van der Waals surface area contributed by atoms with Crippen LogP contribution in [0.3, 0.4) is 0 Å². The van der Waals surface area contributed by atoms with Crippen LogP contribution in [0.2, 0.25) is 0 Å². The lowest BCUT2D eigenvalue weighted by atomic mass is 9.71. The molecule has 1 heterocycles. The summed E-state index contributed by atoms with van der Waals surface area (Å²) >= 11 is 0. The van der Waals surface area contributed by atoms with Crippen molar-refractivity contribution in [3.05, 3.63) is 36.0 Å². The van der Waals surface area contributed by atoms with Gasteiger partial charge in [0, 0.05) is 17.8 Å². The van der Waals surface area contributed by atoms with E-state index >= 15 is 0 Å². The molecule has 1 aromatic heterocycles. The lowest BCUT2D eigenvalue weighted by Gasteiger charge is -2.36. The normalized spacial score (nSPS) is 17.4. The van der Waals surface area contributed by atoms with E-state index in [4.69, 9.17) is 10.5 Å². The highest BCUT2D eigenvalue weighted by Crippen LogP contribution is 2.39. The van der Waals surface area contributed by atoms with E-state index in [0.717, 1.165) is 36.6 Å². The molecule has 1 unspecified atom stereocenters. The molecule has 0 aliphatic heterocycles. The SMILES string of the molecule is CCOC(=O)CC1(CNC(=O)C(N)c2cc3ccccc3[nH]2)CCCCC1. The highest BCUT2D eigenvalue weighted by Gasteiger charge is 2.35. The van der Waals surface area contributed by atoms with Crippen LogP contribution >= 0.6 is 0 Å². The number of aromatic amines is 1. The number of nitrogens with two attached hydrogens (primary N) is 1. The van der Waals surface area contributed by atoms with Crippen LogP contribution in [0.15, 0.2) is 30.3 Å². The molecule has 6 heteroatoms. The quantitative estimate of drug-likeness (QED) is 0.651. The summed E-state index contributed by atoms with van der Waals surface area (Å²) in [5, 5.41) is 4.02. The number of rotatable bonds is 7. The van der Waals surface area contributed by atoms with E-state index in [0.29, 0.717) is 25.3 Å². The molecule has 3 rings (SSSR count). The van der Waals surface area contributed by atoms with Crippen LogP contribution in [0.1, 0.15) is 57.2 Å². The van der Waals surface area contributed by atoms with E-state index in [9.17, 15) is 9.59 Å². The summed E-state index contributed by atoms with van der Waals surface area (Å²) in [6.45, 7) is 2.65. The number of H-pyrrole nitrogens is 1. The van der Waals surface area contributed by atoms with Crippen molar-refractivity contribution in [1.29, 1.82) is 0 Å². The maximum absolute atomic E-state index is 12.6. The summed E-state index contributed by atoms with van der Waals surface area (Å²) < 4.78 is 5.15. The summed E-state index contributed by atoms with van der Waals surface area (Å²) in [5.74, 6) is -0.413. The summed E-state index contributed by atoms with van der Waals surface area (Å²) in [7, 11) is 0. The Balaban J connectivity index is 1.65. The van der Waals surface area contributed by atoms with Crippen molar-refractivity contribution in [1.82, 2.24) is 10.3 Å². The van der Waals surface area contributed by atoms with Gasteiger partial charge in [-0.1, -0.05) is 37.5 Å². The van der Waals surface area contributed by atoms with Gasteiger partial charge in [0.25, 0.3) is 0 Å². The van der Waals surface area contributed by atoms with Gasteiger partial charge >= 0.3 is 5.97 Å². The first kappa shape index (κ1) is 19.4. The number of carbonyl (C=O) groups excluding carboxylic acids is 2. The van der Waals surface area contributed by atoms with Crippen molar-refractivity contribution in [2.45, 2.75) is 51.5 Å². The highest BCUT2D eigenvalue weighted by atomic mass is 16.5. The minimum Gasteiger partial charge on any atom is -0.466 e. The monoisotopic (exact) mass is 371 g/mol. The number of nitrogens with one attached hydrogen (secondary N) is 2. The Bertz CT molecular complexity index is 760. The molecule has 1 atom stereocenters. The summed E-state index contributed by atoms with van der Waals surface area (Å²) in [6.07, 6.45) is 5.52. The van der Waals surface area contributed by atoms with Crippen molar-refractivity contribution in [2.24, 2.45) is 11.1 Å². The second-order valence-corrected chi connectivity index (χ2v) is 7.55. The molecule has 0 saturated heterocycles. The van der Waals surface area contributed by atoms with Gasteiger partial charge in [-0.25, -0.2) is 0 Å². The second-order valence-electron chi connectivity index (χ2n) is 7.55. The van der Waals surface area contributed by atoms with Crippen LogP contribution in [0.5, 0.6) is 0 Å². The van der Waals surface area contributed by atoms with Gasteiger partial charge in [-0.05, 0) is 42.7 Å². The number of hydrogen-bond donors (Lipinski definition) is 3. The predicted molar refractivity (Wildman–Crippen MR) is 105 cm³/mol. The lowest BCUT2D eigenvalue weighted by Crippen LogP contribution is -2.43. The number of benzene rings is 1. The molecule has 0 spiro atoms. The Kier molecular flexibility index (Phi) is 6.16. The molecule has 1 amide bonds. The van der Waals surface area contributed by atoms with E-state index in [2.05, 4.69) is 10.3 Å². The maximum atomic E-state index is 12.6. The number of fused-ring (bicyclic) bond motifs is 1. The van der Waals surface area contributed by atoms with Gasteiger partial charge in [-0.15, -0.1) is 0 Å². The van der Waals surface area contributed by atoms with Crippen LogP contribution in [-0.2, 0) is 14.3 Å². The molecule has 1 fully saturated rings. The van der Waals surface area contributed by atoms with E-state index in [-0.39, 0.29) is 17.3 Å². The smallest absolute Gasteiger partial charge is 0.306 e. The molecule has 27 heavy (non-hydrogen) atoms. The maximum Gasteiger partial charge on any atom is 0.306 e. The molecular weight excluding hydrogens is 342 g/mol. The zero-order valence-electron chi connectivity index (χ0n) is 15.9. The Morgan fingerprint density at radius 1 is 1.26 bits per heavy atom. The second kappa shape index (κ2) is 8.57. The molecule has 4 N–H and O–H groups in total. The van der Waals surface area contributed by atoms with Crippen molar-refractivity contribution in [3.63, 3.8) is 0 Å². The van der Waals surface area contributed by atoms with Crippen molar-refractivity contribution < 1.29 is 14.3 Å². The van der Waals surface area contributed by atoms with Crippen LogP contribution in [0, 0.1) is 5.41 Å². The molecule has 1 aromatic carbocycles. The molecule has 6 nitrogen and oxygen atoms in total. The number of para-hydroxylation sites is 1. The van der Waals surface area contributed by atoms with Gasteiger partial charge < -0.3 is 20.8 Å². The molecular formula is C21H29N3O3. The highest BCUT2D eigenvalue weighted by molar-refractivity contribution is 5.86. The Labute approximate surface area is 159 Å². The number of hydrogen-bond acceptors (Lipinski definition) is 4. The van der Waals surface area contributed by atoms with Gasteiger partial charge in [-0.3, -0.25) is 9.59 Å². The molecule has 2 aromatic rings. The van der Waals surface area contributed by atoms with Crippen LogP contribution in [0.4, 0.5) is 0 Å². The Hall–Kier alpha value is -2.34. The first-order valence-electron chi connectivity index (χ1n) is 9.79. The first-order valence-corrected chi connectivity index (χ1v) is 9.79. The number of carbonyl (C=O) groups is 2. The fraction of sp³-hybridized carbons (Fsp3) is 0.524. The summed E-state index contributed by atoms with van der Waals surface area (Å²) in [6, 6.07) is 8.98. The summed E-state index contributed by atoms with van der Waals surface area (Å²) in [4.78, 5) is 27.9. The zero-order chi connectivity index (χ0) is 19.3. The van der Waals surface area contributed by atoms with Crippen LogP contribution < -0.4 is 11.1 Å². The molecule has 146 valence electrons. The van der Waals surface area contributed by atoms with Gasteiger partial charge in [0.05, 0.1) is 13.0 Å². The fourth-order valence-electron chi connectivity index (χ4n) is 4.03. The third-order valence-electron chi connectivity index (χ3n) is 5.54. The third kappa shape index (κ3) is 4.69. The van der Waals surface area contributed by atoms with Gasteiger partial charge in [0.15, 0.2) is 0 Å². The standard InChI is InChI=1S/C21H29N3O3/c1-2-27-18(25)13-21(10-6-3-7-11-21)14-23-20(26)19(22)17-12-15-8-4-5-9-16(15)24-17/h4-5,8-9,12,19,24H,2-3,6-7,10-11,13-14,22H2,1H3,(H,23,26). The fourth-order valence-corrected chi connectivity index (χ4v) is 4.03. The third-order valence-corrected chi connectivity index (χ3v) is 5.54. The average molecular weight is 371 g/mol. The van der Waals surface area contributed by atoms with Crippen LogP contribution in [-0.4, -0.2) is 30.0 Å². The van der Waals surface area contributed by atoms with Gasteiger partial charge in [0.1, 0.15) is 6.04 Å². The van der Waals surface area contributed by atoms with Crippen molar-refractivity contribution in [3.8, 4) is 0 Å². The lowest BCUT2D eigenvalue weighted by molar-refractivity contribution is -0.146. The molecule has 1 aliphatic carbocycles. The topological polar surface area (TPSA) is 97.2 Å². The minimum atomic E-state index is -0.763. The van der Waals surface area contributed by atoms with Crippen molar-refractivity contribution in [2.75, 3.05) is 13.2 Å². The van der Waals surface area contributed by atoms with Gasteiger partial charge in [-0.2, -0.15) is 0 Å². The number of aromatic nitrogens is 1. The number of amides is 1. The van der Waals surface area contributed by atoms with E-state index < -0.39 is 6.04 Å².